The lowest BCUT2D eigenvalue weighted by Gasteiger charge is -2.10. The van der Waals surface area contributed by atoms with Crippen LogP contribution in [0.25, 0.3) is 10.8 Å². The monoisotopic (exact) mass is 314 g/mol. The Hall–Kier alpha value is -1.61. The molecule has 0 bridgehead atoms. The topological polar surface area (TPSA) is 17.8 Å². The Morgan fingerprint density at radius 3 is 2.68 bits per heavy atom. The molecule has 2 aromatic carbocycles. The van der Waals surface area contributed by atoms with Crippen molar-refractivity contribution in [1.29, 1.82) is 0 Å². The summed E-state index contributed by atoms with van der Waals surface area (Å²) >= 11 is 3.75. The van der Waals surface area contributed by atoms with Gasteiger partial charge in [0.15, 0.2) is 0 Å². The van der Waals surface area contributed by atoms with Gasteiger partial charge in [-0.15, -0.1) is 0 Å². The van der Waals surface area contributed by atoms with Crippen LogP contribution in [-0.4, -0.2) is 9.55 Å². The Bertz CT molecular complexity index is 744. The fourth-order valence-corrected chi connectivity index (χ4v) is 2.92. The van der Waals surface area contributed by atoms with Crippen molar-refractivity contribution in [2.75, 3.05) is 0 Å². The molecule has 2 nitrogen and oxygen atoms in total. The normalized spacial score (nSPS) is 11.1. The van der Waals surface area contributed by atoms with E-state index in [0.717, 1.165) is 12.4 Å². The summed E-state index contributed by atoms with van der Waals surface area (Å²) in [5.74, 6) is 1.04. The van der Waals surface area contributed by atoms with Crippen molar-refractivity contribution in [1.82, 2.24) is 9.55 Å². The third kappa shape index (κ3) is 2.30. The molecule has 0 saturated carbocycles. The van der Waals surface area contributed by atoms with Crippen LogP contribution in [0, 0.1) is 13.8 Å². The summed E-state index contributed by atoms with van der Waals surface area (Å²) in [6, 6.07) is 10.9. The number of hydrogen-bond acceptors (Lipinski definition) is 1. The second-order valence-corrected chi connectivity index (χ2v) is 5.66. The van der Waals surface area contributed by atoms with Crippen LogP contribution in [0.1, 0.15) is 17.0 Å². The summed E-state index contributed by atoms with van der Waals surface area (Å²) in [7, 11) is 0. The third-order valence-electron chi connectivity index (χ3n) is 3.46. The van der Waals surface area contributed by atoms with Gasteiger partial charge in [0.05, 0.1) is 0 Å². The first-order valence-electron chi connectivity index (χ1n) is 6.30. The van der Waals surface area contributed by atoms with E-state index in [-0.39, 0.29) is 0 Å². The Kier molecular flexibility index (Phi) is 3.15. The van der Waals surface area contributed by atoms with E-state index in [1.165, 1.54) is 26.4 Å². The molecule has 19 heavy (non-hydrogen) atoms. The van der Waals surface area contributed by atoms with Crippen molar-refractivity contribution in [2.45, 2.75) is 20.4 Å². The molecule has 96 valence electrons. The zero-order chi connectivity index (χ0) is 13.4. The Labute approximate surface area is 121 Å². The Morgan fingerprint density at radius 1 is 1.16 bits per heavy atom. The maximum atomic E-state index is 4.27. The zero-order valence-corrected chi connectivity index (χ0v) is 12.6. The maximum absolute atomic E-state index is 4.27. The Morgan fingerprint density at radius 2 is 1.95 bits per heavy atom. The van der Waals surface area contributed by atoms with Gasteiger partial charge in [0.25, 0.3) is 0 Å². The largest absolute Gasteiger partial charge is 0.331 e. The van der Waals surface area contributed by atoms with E-state index in [4.69, 9.17) is 0 Å². The number of hydrogen-bond donors (Lipinski definition) is 0. The van der Waals surface area contributed by atoms with E-state index < -0.39 is 0 Å². The van der Waals surface area contributed by atoms with E-state index in [1.54, 1.807) is 0 Å². The van der Waals surface area contributed by atoms with Crippen LogP contribution in [0.3, 0.4) is 0 Å². The highest BCUT2D eigenvalue weighted by atomic mass is 79.9. The molecule has 3 aromatic rings. The number of fused-ring (bicyclic) bond motifs is 1. The summed E-state index contributed by atoms with van der Waals surface area (Å²) in [6.07, 6.45) is 3.86. The summed E-state index contributed by atoms with van der Waals surface area (Å²) < 4.78 is 3.34. The molecule has 1 heterocycles. The van der Waals surface area contributed by atoms with Crippen LogP contribution >= 0.6 is 15.9 Å². The molecular formula is C16H15BrN2. The second-order valence-electron chi connectivity index (χ2n) is 4.87. The molecule has 0 aliphatic rings. The van der Waals surface area contributed by atoms with E-state index in [2.05, 4.69) is 62.7 Å². The molecule has 0 atom stereocenters. The van der Waals surface area contributed by atoms with Gasteiger partial charge in [-0.3, -0.25) is 0 Å². The van der Waals surface area contributed by atoms with Gasteiger partial charge in [-0.1, -0.05) is 35.9 Å². The average molecular weight is 315 g/mol. The van der Waals surface area contributed by atoms with Crippen LogP contribution in [0.4, 0.5) is 0 Å². The molecule has 3 rings (SSSR count). The minimum atomic E-state index is 0.844. The van der Waals surface area contributed by atoms with Crippen LogP contribution in [-0.2, 0) is 6.54 Å². The molecule has 0 spiro atoms. The summed E-state index contributed by atoms with van der Waals surface area (Å²) in [6.45, 7) is 4.99. The molecule has 0 N–H and O–H groups in total. The van der Waals surface area contributed by atoms with E-state index in [0.29, 0.717) is 0 Å². The molecule has 0 fully saturated rings. The van der Waals surface area contributed by atoms with E-state index in [1.807, 2.05) is 19.3 Å². The molecule has 3 heteroatoms. The van der Waals surface area contributed by atoms with Crippen molar-refractivity contribution >= 4 is 26.7 Å². The maximum Gasteiger partial charge on any atom is 0.105 e. The lowest BCUT2D eigenvalue weighted by molar-refractivity contribution is 0.760. The van der Waals surface area contributed by atoms with Crippen molar-refractivity contribution in [3.63, 3.8) is 0 Å². The number of halogens is 1. The first-order valence-corrected chi connectivity index (χ1v) is 7.10. The fraction of sp³-hybridized carbons (Fsp3) is 0.188. The highest BCUT2D eigenvalue weighted by Crippen LogP contribution is 2.29. The van der Waals surface area contributed by atoms with Crippen LogP contribution in [0.15, 0.2) is 47.2 Å². The van der Waals surface area contributed by atoms with Gasteiger partial charge in [-0.25, -0.2) is 4.98 Å². The molecule has 0 aliphatic heterocycles. The van der Waals surface area contributed by atoms with Gasteiger partial charge in [-0.05, 0) is 46.1 Å². The first kappa shape index (κ1) is 12.4. The number of aryl methyl sites for hydroxylation is 2. The lowest BCUT2D eigenvalue weighted by Crippen LogP contribution is -2.01. The van der Waals surface area contributed by atoms with Gasteiger partial charge < -0.3 is 4.57 Å². The number of benzene rings is 2. The minimum Gasteiger partial charge on any atom is -0.331 e. The molecule has 1 aromatic heterocycles. The number of nitrogens with zero attached hydrogens (tertiary/aromatic N) is 2. The molecule has 0 saturated heterocycles. The predicted octanol–water partition coefficient (Wildman–Crippen LogP) is 4.46. The quantitative estimate of drug-likeness (QED) is 0.682. The van der Waals surface area contributed by atoms with Gasteiger partial charge in [0.1, 0.15) is 5.82 Å². The standard InChI is InChI=1S/C16H15BrN2/c1-11-3-4-13-5-6-14(16(17)15(13)9-11)10-19-8-7-18-12(19)2/h3-9H,10H2,1-2H3. The smallest absolute Gasteiger partial charge is 0.105 e. The van der Waals surface area contributed by atoms with Crippen LogP contribution in [0.2, 0.25) is 0 Å². The van der Waals surface area contributed by atoms with Crippen LogP contribution < -0.4 is 0 Å². The summed E-state index contributed by atoms with van der Waals surface area (Å²) in [5, 5.41) is 2.54. The second kappa shape index (κ2) is 4.82. The first-order chi connectivity index (χ1) is 9.15. The lowest BCUT2D eigenvalue weighted by atomic mass is 10.0. The highest BCUT2D eigenvalue weighted by molar-refractivity contribution is 9.10. The molecule has 0 aliphatic carbocycles. The fourth-order valence-electron chi connectivity index (χ4n) is 2.32. The number of rotatable bonds is 2. The zero-order valence-electron chi connectivity index (χ0n) is 11.0. The minimum absolute atomic E-state index is 0.844. The third-order valence-corrected chi connectivity index (χ3v) is 4.39. The SMILES string of the molecule is Cc1ccc2ccc(Cn3ccnc3C)c(Br)c2c1. The summed E-state index contributed by atoms with van der Waals surface area (Å²) in [4.78, 5) is 4.27. The van der Waals surface area contributed by atoms with E-state index >= 15 is 0 Å². The van der Waals surface area contributed by atoms with Crippen LogP contribution in [0.5, 0.6) is 0 Å². The molecule has 0 amide bonds. The average Bonchev–Trinajstić information content (AvgIpc) is 2.79. The van der Waals surface area contributed by atoms with Crippen molar-refractivity contribution in [3.05, 3.63) is 64.1 Å². The van der Waals surface area contributed by atoms with Gasteiger partial charge >= 0.3 is 0 Å². The van der Waals surface area contributed by atoms with Crippen molar-refractivity contribution in [2.24, 2.45) is 0 Å². The van der Waals surface area contributed by atoms with Crippen molar-refractivity contribution in [3.8, 4) is 0 Å². The molecule has 0 radical (unpaired) electrons. The van der Waals surface area contributed by atoms with Gasteiger partial charge in [0, 0.05) is 23.4 Å². The molecular weight excluding hydrogens is 300 g/mol. The van der Waals surface area contributed by atoms with Gasteiger partial charge in [0.2, 0.25) is 0 Å². The highest BCUT2D eigenvalue weighted by Gasteiger charge is 2.07. The predicted molar refractivity (Wildman–Crippen MR) is 82.5 cm³/mol. The Balaban J connectivity index is 2.10. The van der Waals surface area contributed by atoms with Crippen molar-refractivity contribution < 1.29 is 0 Å². The van der Waals surface area contributed by atoms with Gasteiger partial charge in [-0.2, -0.15) is 0 Å². The molecule has 0 unspecified atom stereocenters. The number of imidazole rings is 1. The number of aromatic nitrogens is 2. The van der Waals surface area contributed by atoms with E-state index in [9.17, 15) is 0 Å². The summed E-state index contributed by atoms with van der Waals surface area (Å²) in [5.41, 5.74) is 2.56.